The molecule has 0 spiro atoms. The van der Waals surface area contributed by atoms with Gasteiger partial charge in [0, 0.05) is 5.56 Å². The first kappa shape index (κ1) is 19.3. The van der Waals surface area contributed by atoms with Crippen molar-refractivity contribution in [1.82, 2.24) is 20.1 Å². The van der Waals surface area contributed by atoms with E-state index >= 15 is 0 Å². The molecule has 144 valence electrons. The number of hydrogen-bond donors (Lipinski definition) is 1. The zero-order chi connectivity index (χ0) is 20.1. The average Bonchev–Trinajstić information content (AvgIpc) is 3.12. The number of rotatable bonds is 5. The van der Waals surface area contributed by atoms with Crippen LogP contribution in [0.25, 0.3) is 17.1 Å². The molecule has 0 aliphatic carbocycles. The summed E-state index contributed by atoms with van der Waals surface area (Å²) in [6.07, 6.45) is 0. The maximum absolute atomic E-state index is 12.5. The first-order valence-corrected chi connectivity index (χ1v) is 8.91. The van der Waals surface area contributed by atoms with E-state index in [2.05, 4.69) is 15.4 Å². The third-order valence-electron chi connectivity index (χ3n) is 3.66. The van der Waals surface area contributed by atoms with E-state index in [-0.39, 0.29) is 12.4 Å². The predicted molar refractivity (Wildman–Crippen MR) is 105 cm³/mol. The zero-order valence-corrected chi connectivity index (χ0v) is 16.0. The number of hydrogen-bond acceptors (Lipinski definition) is 5. The van der Waals surface area contributed by atoms with Crippen molar-refractivity contribution in [2.75, 3.05) is 6.54 Å². The Kier molecular flexibility index (Phi) is 5.54. The van der Waals surface area contributed by atoms with Crippen LogP contribution in [0.2, 0.25) is 0 Å². The van der Waals surface area contributed by atoms with Crippen LogP contribution in [0.5, 0.6) is 0 Å². The SMILES string of the molecule is CC(C)(C)OC(=O)CNC(=O)c1nc(-c2ccccc2)n(-c2ccccc2)n1. The second kappa shape index (κ2) is 8.04. The monoisotopic (exact) mass is 378 g/mol. The lowest BCUT2D eigenvalue weighted by Crippen LogP contribution is -2.35. The molecule has 0 aliphatic rings. The quantitative estimate of drug-likeness (QED) is 0.690. The molecule has 1 aromatic heterocycles. The molecule has 0 saturated heterocycles. The zero-order valence-electron chi connectivity index (χ0n) is 16.0. The molecule has 7 nitrogen and oxygen atoms in total. The molecule has 0 bridgehead atoms. The van der Waals surface area contributed by atoms with Crippen LogP contribution in [0.4, 0.5) is 0 Å². The van der Waals surface area contributed by atoms with Crippen molar-refractivity contribution in [2.45, 2.75) is 26.4 Å². The van der Waals surface area contributed by atoms with Crippen LogP contribution in [0.3, 0.4) is 0 Å². The number of carbonyl (C=O) groups is 2. The number of nitrogens with one attached hydrogen (secondary N) is 1. The molecule has 3 aromatic rings. The molecule has 0 unspecified atom stereocenters. The van der Waals surface area contributed by atoms with Crippen LogP contribution in [0.15, 0.2) is 60.7 Å². The van der Waals surface area contributed by atoms with Gasteiger partial charge in [-0.1, -0.05) is 48.5 Å². The number of amides is 1. The van der Waals surface area contributed by atoms with E-state index in [1.165, 1.54) is 0 Å². The van der Waals surface area contributed by atoms with E-state index in [1.54, 1.807) is 25.5 Å². The summed E-state index contributed by atoms with van der Waals surface area (Å²) in [5, 5.41) is 6.86. The van der Waals surface area contributed by atoms with Crippen molar-refractivity contribution < 1.29 is 14.3 Å². The van der Waals surface area contributed by atoms with Gasteiger partial charge in [-0.15, -0.1) is 5.10 Å². The van der Waals surface area contributed by atoms with E-state index in [0.717, 1.165) is 11.3 Å². The van der Waals surface area contributed by atoms with Crippen LogP contribution in [-0.4, -0.2) is 38.8 Å². The lowest BCUT2D eigenvalue weighted by Gasteiger charge is -2.19. The Bertz CT molecular complexity index is 903. The summed E-state index contributed by atoms with van der Waals surface area (Å²) in [6.45, 7) is 5.04. The van der Waals surface area contributed by atoms with Gasteiger partial charge in [0.15, 0.2) is 5.82 Å². The van der Waals surface area contributed by atoms with Gasteiger partial charge in [-0.2, -0.15) is 0 Å². The summed E-state index contributed by atoms with van der Waals surface area (Å²) >= 11 is 0. The Labute approximate surface area is 163 Å². The third kappa shape index (κ3) is 4.82. The summed E-state index contributed by atoms with van der Waals surface area (Å²) in [6, 6.07) is 18.9. The molecular formula is C21H22N4O3. The minimum Gasteiger partial charge on any atom is -0.459 e. The van der Waals surface area contributed by atoms with E-state index in [1.807, 2.05) is 60.7 Å². The van der Waals surface area contributed by atoms with Crippen LogP contribution < -0.4 is 5.32 Å². The van der Waals surface area contributed by atoms with Crippen molar-refractivity contribution in [3.63, 3.8) is 0 Å². The van der Waals surface area contributed by atoms with Gasteiger partial charge < -0.3 is 10.1 Å². The summed E-state index contributed by atoms with van der Waals surface area (Å²) in [4.78, 5) is 28.7. The summed E-state index contributed by atoms with van der Waals surface area (Å²) in [7, 11) is 0. The standard InChI is InChI=1S/C21H22N4O3/c1-21(2,3)28-17(26)14-22-20(27)18-23-19(15-10-6-4-7-11-15)25(24-18)16-12-8-5-9-13-16/h4-13H,14H2,1-3H3,(H,22,27). The predicted octanol–water partition coefficient (Wildman–Crippen LogP) is 3.01. The minimum atomic E-state index is -0.616. The van der Waals surface area contributed by atoms with E-state index in [9.17, 15) is 9.59 Å². The second-order valence-electron chi connectivity index (χ2n) is 7.14. The molecule has 3 rings (SSSR count). The summed E-state index contributed by atoms with van der Waals surface area (Å²) < 4.78 is 6.80. The summed E-state index contributed by atoms with van der Waals surface area (Å²) in [5.41, 5.74) is 0.986. The van der Waals surface area contributed by atoms with Gasteiger partial charge in [0.2, 0.25) is 5.82 Å². The van der Waals surface area contributed by atoms with Gasteiger partial charge in [-0.05, 0) is 32.9 Å². The Morgan fingerprint density at radius 2 is 1.61 bits per heavy atom. The van der Waals surface area contributed by atoms with Gasteiger partial charge in [-0.25, -0.2) is 9.67 Å². The Morgan fingerprint density at radius 1 is 1.00 bits per heavy atom. The van der Waals surface area contributed by atoms with Crippen molar-refractivity contribution in [3.8, 4) is 17.1 Å². The van der Waals surface area contributed by atoms with Crippen molar-refractivity contribution in [3.05, 3.63) is 66.5 Å². The highest BCUT2D eigenvalue weighted by atomic mass is 16.6. The number of para-hydroxylation sites is 1. The number of nitrogens with zero attached hydrogens (tertiary/aromatic N) is 3. The molecule has 0 fully saturated rings. The van der Waals surface area contributed by atoms with Crippen LogP contribution >= 0.6 is 0 Å². The van der Waals surface area contributed by atoms with Gasteiger partial charge >= 0.3 is 5.97 Å². The molecule has 0 aliphatic heterocycles. The highest BCUT2D eigenvalue weighted by Gasteiger charge is 2.21. The normalized spacial score (nSPS) is 11.1. The third-order valence-corrected chi connectivity index (χ3v) is 3.66. The number of carbonyl (C=O) groups excluding carboxylic acids is 2. The molecule has 0 atom stereocenters. The molecule has 2 aromatic carbocycles. The molecule has 1 amide bonds. The molecule has 0 saturated carbocycles. The molecule has 28 heavy (non-hydrogen) atoms. The van der Waals surface area contributed by atoms with Gasteiger partial charge in [0.25, 0.3) is 5.91 Å². The van der Waals surface area contributed by atoms with Crippen molar-refractivity contribution >= 4 is 11.9 Å². The van der Waals surface area contributed by atoms with E-state index in [4.69, 9.17) is 4.74 Å². The van der Waals surface area contributed by atoms with E-state index in [0.29, 0.717) is 5.82 Å². The van der Waals surface area contributed by atoms with Crippen LogP contribution in [0, 0.1) is 0 Å². The van der Waals surface area contributed by atoms with Crippen LogP contribution in [0.1, 0.15) is 31.4 Å². The lowest BCUT2D eigenvalue weighted by atomic mass is 10.2. The van der Waals surface area contributed by atoms with Crippen molar-refractivity contribution in [2.24, 2.45) is 0 Å². The number of benzene rings is 2. The average molecular weight is 378 g/mol. The maximum atomic E-state index is 12.5. The smallest absolute Gasteiger partial charge is 0.325 e. The Hall–Kier alpha value is -3.48. The summed E-state index contributed by atoms with van der Waals surface area (Å²) in [5.74, 6) is -0.551. The number of aromatic nitrogens is 3. The van der Waals surface area contributed by atoms with Gasteiger partial charge in [-0.3, -0.25) is 9.59 Å². The fourth-order valence-corrected chi connectivity index (χ4v) is 2.54. The Morgan fingerprint density at radius 3 is 2.21 bits per heavy atom. The first-order valence-electron chi connectivity index (χ1n) is 8.91. The van der Waals surface area contributed by atoms with Gasteiger partial charge in [0.1, 0.15) is 12.1 Å². The van der Waals surface area contributed by atoms with Gasteiger partial charge in [0.05, 0.1) is 5.69 Å². The fourth-order valence-electron chi connectivity index (χ4n) is 2.54. The van der Waals surface area contributed by atoms with E-state index < -0.39 is 17.5 Å². The maximum Gasteiger partial charge on any atom is 0.325 e. The van der Waals surface area contributed by atoms with Crippen molar-refractivity contribution in [1.29, 1.82) is 0 Å². The Balaban J connectivity index is 1.85. The largest absolute Gasteiger partial charge is 0.459 e. The minimum absolute atomic E-state index is 0.0220. The lowest BCUT2D eigenvalue weighted by molar-refractivity contribution is -0.153. The fraction of sp³-hybridized carbons (Fsp3) is 0.238. The number of esters is 1. The second-order valence-corrected chi connectivity index (χ2v) is 7.14. The molecule has 0 radical (unpaired) electrons. The highest BCUT2D eigenvalue weighted by Crippen LogP contribution is 2.20. The molecule has 1 N–H and O–H groups in total. The molecule has 7 heteroatoms. The highest BCUT2D eigenvalue weighted by molar-refractivity contribution is 5.93. The van der Waals surface area contributed by atoms with Crippen LogP contribution in [-0.2, 0) is 9.53 Å². The first-order chi connectivity index (χ1) is 13.3. The molecular weight excluding hydrogens is 356 g/mol. The number of ether oxygens (including phenoxy) is 1. The topological polar surface area (TPSA) is 86.1 Å². The molecule has 1 heterocycles.